The number of hydrogen-bond acceptors (Lipinski definition) is 10. The van der Waals surface area contributed by atoms with Crippen molar-refractivity contribution in [3.63, 3.8) is 0 Å². The maximum atomic E-state index is 12.9. The maximum absolute atomic E-state index is 12.9. The summed E-state index contributed by atoms with van der Waals surface area (Å²) in [7, 11) is 0. The van der Waals surface area contributed by atoms with Crippen LogP contribution in [0.3, 0.4) is 0 Å². The minimum atomic E-state index is -0.250. The predicted octanol–water partition coefficient (Wildman–Crippen LogP) is 0.954. The summed E-state index contributed by atoms with van der Waals surface area (Å²) in [5.41, 5.74) is 1.92. The number of anilines is 1. The topological polar surface area (TPSA) is 121 Å². The average Bonchev–Trinajstić information content (AvgIpc) is 2.87. The molecule has 11 nitrogen and oxygen atoms in total. The molecule has 0 spiro atoms. The highest BCUT2D eigenvalue weighted by atomic mass is 16.5. The molecule has 0 unspecified atom stereocenters. The third-order valence-corrected chi connectivity index (χ3v) is 5.06. The van der Waals surface area contributed by atoms with Crippen molar-refractivity contribution in [1.82, 2.24) is 34.9 Å². The summed E-state index contributed by atoms with van der Waals surface area (Å²) in [5, 5.41) is 8.61. The number of morpholine rings is 1. The van der Waals surface area contributed by atoms with E-state index in [0.717, 1.165) is 24.2 Å². The Bertz CT molecular complexity index is 1260. The fourth-order valence-corrected chi connectivity index (χ4v) is 3.38. The van der Waals surface area contributed by atoms with Crippen molar-refractivity contribution in [3.8, 4) is 17.1 Å². The van der Waals surface area contributed by atoms with E-state index >= 15 is 0 Å². The van der Waals surface area contributed by atoms with Crippen LogP contribution in [0.25, 0.3) is 22.0 Å². The molecule has 1 aromatic carbocycles. The predicted molar refractivity (Wildman–Crippen MR) is 115 cm³/mol. The molecular formula is C21H20N8O3. The third kappa shape index (κ3) is 4.23. The minimum Gasteiger partial charge on any atom is -0.461 e. The maximum Gasteiger partial charge on any atom is 0.316 e. The Morgan fingerprint density at radius 1 is 1.00 bits per heavy atom. The van der Waals surface area contributed by atoms with E-state index in [4.69, 9.17) is 9.47 Å². The first-order chi connectivity index (χ1) is 15.8. The van der Waals surface area contributed by atoms with Gasteiger partial charge in [-0.15, -0.1) is 5.10 Å². The molecule has 1 saturated heterocycles. The first-order valence-electron chi connectivity index (χ1n) is 10.2. The Morgan fingerprint density at radius 3 is 2.56 bits per heavy atom. The number of benzene rings is 1. The summed E-state index contributed by atoms with van der Waals surface area (Å²) >= 11 is 0. The Hall–Kier alpha value is -3.99. The molecule has 3 aromatic heterocycles. The van der Waals surface area contributed by atoms with Crippen LogP contribution in [0.1, 0.15) is 0 Å². The largest absolute Gasteiger partial charge is 0.461 e. The van der Waals surface area contributed by atoms with Crippen molar-refractivity contribution < 1.29 is 9.47 Å². The van der Waals surface area contributed by atoms with Crippen molar-refractivity contribution in [2.24, 2.45) is 0 Å². The van der Waals surface area contributed by atoms with E-state index in [0.29, 0.717) is 30.1 Å². The monoisotopic (exact) mass is 432 g/mol. The van der Waals surface area contributed by atoms with Crippen LogP contribution in [-0.4, -0.2) is 67.8 Å². The number of ether oxygens (including phenoxy) is 2. The Kier molecular flexibility index (Phi) is 5.62. The van der Waals surface area contributed by atoms with Gasteiger partial charge in [-0.2, -0.15) is 0 Å². The summed E-state index contributed by atoms with van der Waals surface area (Å²) in [6, 6.07) is 7.39. The summed E-state index contributed by atoms with van der Waals surface area (Å²) < 4.78 is 12.1. The number of fused-ring (bicyclic) bond motifs is 1. The van der Waals surface area contributed by atoms with Gasteiger partial charge in [0.2, 0.25) is 5.95 Å². The highest BCUT2D eigenvalue weighted by Crippen LogP contribution is 2.22. The Balaban J connectivity index is 1.35. The molecule has 11 heteroatoms. The van der Waals surface area contributed by atoms with E-state index in [-0.39, 0.29) is 24.7 Å². The van der Waals surface area contributed by atoms with Gasteiger partial charge in [0.05, 0.1) is 25.1 Å². The molecule has 1 aliphatic heterocycles. The zero-order valence-electron chi connectivity index (χ0n) is 17.2. The molecule has 4 heterocycles. The standard InChI is InChI=1S/C21H20N8O3/c30-19-17-12-15(16-13-24-20(25-14-16)28-6-9-31-10-7-28)2-3-18(17)26-27-29(19)8-11-32-21-22-4-1-5-23-21/h1-5,12-14H,6-11H2. The first-order valence-corrected chi connectivity index (χ1v) is 10.2. The Labute approximate surface area is 182 Å². The molecular weight excluding hydrogens is 412 g/mol. The lowest BCUT2D eigenvalue weighted by Gasteiger charge is -2.26. The molecule has 1 fully saturated rings. The van der Waals surface area contributed by atoms with Gasteiger partial charge in [-0.1, -0.05) is 11.3 Å². The van der Waals surface area contributed by atoms with Gasteiger partial charge in [-0.25, -0.2) is 24.6 Å². The highest BCUT2D eigenvalue weighted by Gasteiger charge is 2.14. The average molecular weight is 432 g/mol. The number of rotatable bonds is 6. The van der Waals surface area contributed by atoms with Gasteiger partial charge >= 0.3 is 6.01 Å². The van der Waals surface area contributed by atoms with Crippen molar-refractivity contribution in [2.75, 3.05) is 37.8 Å². The summed E-state index contributed by atoms with van der Waals surface area (Å²) in [5.74, 6) is 0.674. The number of nitrogens with zero attached hydrogens (tertiary/aromatic N) is 8. The van der Waals surface area contributed by atoms with E-state index in [1.807, 2.05) is 6.07 Å². The summed E-state index contributed by atoms with van der Waals surface area (Å²) in [6.07, 6.45) is 6.70. The summed E-state index contributed by atoms with van der Waals surface area (Å²) in [6.45, 7) is 3.31. The number of hydrogen-bond donors (Lipinski definition) is 0. The zero-order chi connectivity index (χ0) is 21.8. The second-order valence-electron chi connectivity index (χ2n) is 7.10. The van der Waals surface area contributed by atoms with Crippen molar-refractivity contribution in [2.45, 2.75) is 6.54 Å². The van der Waals surface area contributed by atoms with E-state index in [1.54, 1.807) is 43.0 Å². The second kappa shape index (κ2) is 9.02. The quantitative estimate of drug-likeness (QED) is 0.435. The Morgan fingerprint density at radius 2 is 1.78 bits per heavy atom. The van der Waals surface area contributed by atoms with Gasteiger partial charge in [-0.3, -0.25) is 4.79 Å². The SMILES string of the molecule is O=c1c2cc(-c3cnc(N4CCOCC4)nc3)ccc2nnn1CCOc1ncccn1. The molecule has 162 valence electrons. The van der Waals surface area contributed by atoms with Crippen LogP contribution in [0.15, 0.2) is 53.8 Å². The lowest BCUT2D eigenvalue weighted by molar-refractivity contribution is 0.122. The molecule has 0 aliphatic carbocycles. The first kappa shape index (κ1) is 19.9. The number of aromatic nitrogens is 7. The van der Waals surface area contributed by atoms with E-state index in [1.165, 1.54) is 4.68 Å². The summed E-state index contributed by atoms with van der Waals surface area (Å²) in [4.78, 5) is 32.0. The molecule has 4 aromatic rings. The third-order valence-electron chi connectivity index (χ3n) is 5.06. The van der Waals surface area contributed by atoms with Gasteiger partial charge < -0.3 is 14.4 Å². The van der Waals surface area contributed by atoms with Gasteiger partial charge in [0, 0.05) is 43.4 Å². The molecule has 0 radical (unpaired) electrons. The van der Waals surface area contributed by atoms with Gasteiger partial charge in [-0.05, 0) is 23.8 Å². The molecule has 32 heavy (non-hydrogen) atoms. The zero-order valence-corrected chi connectivity index (χ0v) is 17.2. The molecule has 0 amide bonds. The molecule has 5 rings (SSSR count). The van der Waals surface area contributed by atoms with Gasteiger partial charge in [0.25, 0.3) is 5.56 Å². The van der Waals surface area contributed by atoms with Gasteiger partial charge in [0.15, 0.2) is 0 Å². The van der Waals surface area contributed by atoms with E-state index in [9.17, 15) is 4.79 Å². The van der Waals surface area contributed by atoms with E-state index in [2.05, 4.69) is 35.1 Å². The molecule has 1 aliphatic rings. The van der Waals surface area contributed by atoms with Gasteiger partial charge in [0.1, 0.15) is 12.1 Å². The van der Waals surface area contributed by atoms with Crippen LogP contribution in [0.2, 0.25) is 0 Å². The fourth-order valence-electron chi connectivity index (χ4n) is 3.38. The van der Waals surface area contributed by atoms with Crippen LogP contribution in [0.5, 0.6) is 6.01 Å². The van der Waals surface area contributed by atoms with Crippen molar-refractivity contribution in [1.29, 1.82) is 0 Å². The molecule has 0 bridgehead atoms. The van der Waals surface area contributed by atoms with Crippen LogP contribution >= 0.6 is 0 Å². The molecule has 0 saturated carbocycles. The molecule has 0 atom stereocenters. The highest BCUT2D eigenvalue weighted by molar-refractivity contribution is 5.83. The molecule has 0 N–H and O–H groups in total. The lowest BCUT2D eigenvalue weighted by Crippen LogP contribution is -2.37. The van der Waals surface area contributed by atoms with Crippen molar-refractivity contribution >= 4 is 16.9 Å². The van der Waals surface area contributed by atoms with Crippen LogP contribution < -0.4 is 15.2 Å². The fraction of sp³-hybridized carbons (Fsp3) is 0.286. The van der Waals surface area contributed by atoms with Crippen LogP contribution in [0, 0.1) is 0 Å². The normalized spacial score (nSPS) is 13.9. The minimum absolute atomic E-state index is 0.195. The lowest BCUT2D eigenvalue weighted by atomic mass is 10.1. The second-order valence-corrected chi connectivity index (χ2v) is 7.10. The van der Waals surface area contributed by atoms with Crippen molar-refractivity contribution in [3.05, 3.63) is 59.4 Å². The smallest absolute Gasteiger partial charge is 0.316 e. The van der Waals surface area contributed by atoms with Crippen LogP contribution in [-0.2, 0) is 11.3 Å². The van der Waals surface area contributed by atoms with Crippen LogP contribution in [0.4, 0.5) is 5.95 Å². The van der Waals surface area contributed by atoms with E-state index < -0.39 is 0 Å².